The van der Waals surface area contributed by atoms with E-state index >= 15 is 0 Å². The molecule has 3 saturated heterocycles. The molecule has 162 valence electrons. The van der Waals surface area contributed by atoms with Crippen molar-refractivity contribution in [2.75, 3.05) is 52.6 Å². The molecule has 3 fully saturated rings. The zero-order valence-electron chi connectivity index (χ0n) is 17.0. The summed E-state index contributed by atoms with van der Waals surface area (Å²) in [6.07, 6.45) is 2.65. The fraction of sp³-hybridized carbons (Fsp3) is 0.700. The van der Waals surface area contributed by atoms with Crippen LogP contribution in [0.1, 0.15) is 59.1 Å². The third-order valence-corrected chi connectivity index (χ3v) is 6.13. The molecule has 5 heterocycles. The minimum absolute atomic E-state index is 0.0646. The topological polar surface area (TPSA) is 107 Å². The van der Waals surface area contributed by atoms with Crippen LogP contribution in [-0.4, -0.2) is 83.6 Å². The number of hydrogen-bond acceptors (Lipinski definition) is 9. The highest BCUT2D eigenvalue weighted by molar-refractivity contribution is 5.92. The Bertz CT molecular complexity index is 855. The maximum absolute atomic E-state index is 12.9. The maximum atomic E-state index is 12.9. The second-order valence-corrected chi connectivity index (χ2v) is 8.18. The summed E-state index contributed by atoms with van der Waals surface area (Å²) in [4.78, 5) is 21.5. The lowest BCUT2D eigenvalue weighted by Gasteiger charge is -2.25. The third kappa shape index (κ3) is 4.26. The molecule has 3 aliphatic heterocycles. The van der Waals surface area contributed by atoms with Crippen molar-refractivity contribution < 1.29 is 23.3 Å². The molecule has 0 radical (unpaired) electrons. The van der Waals surface area contributed by atoms with Crippen LogP contribution in [0, 0.1) is 0 Å². The maximum Gasteiger partial charge on any atom is 0.276 e. The fourth-order valence-electron chi connectivity index (χ4n) is 4.31. The van der Waals surface area contributed by atoms with E-state index in [1.165, 1.54) is 0 Å². The summed E-state index contributed by atoms with van der Waals surface area (Å²) in [6, 6.07) is 1.75. The quantitative estimate of drug-likeness (QED) is 0.714. The lowest BCUT2D eigenvalue weighted by atomic mass is 10.00. The predicted octanol–water partition coefficient (Wildman–Crippen LogP) is 1.41. The summed E-state index contributed by atoms with van der Waals surface area (Å²) in [6.45, 7) is 6.49. The molecule has 10 heteroatoms. The Hall–Kier alpha value is -2.30. The van der Waals surface area contributed by atoms with Gasteiger partial charge in [0.1, 0.15) is 0 Å². The predicted molar refractivity (Wildman–Crippen MR) is 103 cm³/mol. The molecular formula is C20H27N5O5. The number of morpholine rings is 1. The number of likely N-dealkylation sites (tertiary alicyclic amines) is 1. The van der Waals surface area contributed by atoms with Crippen molar-refractivity contribution in [3.05, 3.63) is 29.2 Å². The number of carbonyl (C=O) groups is 1. The highest BCUT2D eigenvalue weighted by Crippen LogP contribution is 2.30. The van der Waals surface area contributed by atoms with Gasteiger partial charge in [0.05, 0.1) is 25.7 Å². The van der Waals surface area contributed by atoms with Gasteiger partial charge in [-0.15, -0.1) is 0 Å². The second-order valence-electron chi connectivity index (χ2n) is 8.18. The highest BCUT2D eigenvalue weighted by atomic mass is 16.5. The van der Waals surface area contributed by atoms with E-state index < -0.39 is 0 Å². The normalized spacial score (nSPS) is 23.9. The van der Waals surface area contributed by atoms with E-state index in [2.05, 4.69) is 20.2 Å². The van der Waals surface area contributed by atoms with Gasteiger partial charge in [-0.1, -0.05) is 10.3 Å². The van der Waals surface area contributed by atoms with Crippen LogP contribution in [0.5, 0.6) is 0 Å². The average Bonchev–Trinajstić information content (AvgIpc) is 3.55. The van der Waals surface area contributed by atoms with Gasteiger partial charge < -0.3 is 23.4 Å². The highest BCUT2D eigenvalue weighted by Gasteiger charge is 2.33. The molecule has 0 spiro atoms. The van der Waals surface area contributed by atoms with Crippen LogP contribution in [0.15, 0.2) is 15.1 Å². The lowest BCUT2D eigenvalue weighted by molar-refractivity contribution is 0.0305. The summed E-state index contributed by atoms with van der Waals surface area (Å²) < 4.78 is 21.7. The van der Waals surface area contributed by atoms with Gasteiger partial charge in [0.25, 0.3) is 5.91 Å². The second kappa shape index (κ2) is 8.83. The molecule has 1 amide bonds. The first-order valence-electron chi connectivity index (χ1n) is 10.7. The first-order chi connectivity index (χ1) is 14.8. The van der Waals surface area contributed by atoms with Crippen molar-refractivity contribution in [3.63, 3.8) is 0 Å². The smallest absolute Gasteiger partial charge is 0.276 e. The summed E-state index contributed by atoms with van der Waals surface area (Å²) in [7, 11) is 0. The average molecular weight is 417 g/mol. The molecule has 2 aromatic heterocycles. The van der Waals surface area contributed by atoms with E-state index in [0.717, 1.165) is 64.6 Å². The Morgan fingerprint density at radius 1 is 0.967 bits per heavy atom. The van der Waals surface area contributed by atoms with Crippen LogP contribution in [0.3, 0.4) is 0 Å². The van der Waals surface area contributed by atoms with Crippen molar-refractivity contribution >= 4 is 5.91 Å². The van der Waals surface area contributed by atoms with E-state index in [1.54, 1.807) is 11.0 Å². The van der Waals surface area contributed by atoms with E-state index in [9.17, 15) is 4.79 Å². The minimum Gasteiger partial charge on any atom is -0.381 e. The van der Waals surface area contributed by atoms with Gasteiger partial charge in [-0.05, 0) is 19.3 Å². The molecule has 3 aliphatic rings. The van der Waals surface area contributed by atoms with Crippen molar-refractivity contribution in [1.82, 2.24) is 25.1 Å². The van der Waals surface area contributed by atoms with Crippen molar-refractivity contribution in [2.45, 2.75) is 37.6 Å². The van der Waals surface area contributed by atoms with Gasteiger partial charge >= 0.3 is 0 Å². The standard InChI is InChI=1S/C20H27N5O5/c26-20(17-11-16(29-22-17)13-24-5-9-28-10-6-24)25-4-1-15(12-25)19-21-18(23-30-19)14-2-7-27-8-3-14/h11,14-15H,1-10,12-13H2. The van der Waals surface area contributed by atoms with Crippen LogP contribution in [0.2, 0.25) is 0 Å². The molecular weight excluding hydrogens is 390 g/mol. The van der Waals surface area contributed by atoms with E-state index in [-0.39, 0.29) is 11.8 Å². The number of ether oxygens (including phenoxy) is 2. The number of carbonyl (C=O) groups excluding carboxylic acids is 1. The fourth-order valence-corrected chi connectivity index (χ4v) is 4.31. The molecule has 0 bridgehead atoms. The molecule has 10 nitrogen and oxygen atoms in total. The van der Waals surface area contributed by atoms with Crippen LogP contribution in [0.25, 0.3) is 0 Å². The van der Waals surface area contributed by atoms with E-state index in [4.69, 9.17) is 18.5 Å². The van der Waals surface area contributed by atoms with Crippen LogP contribution >= 0.6 is 0 Å². The number of nitrogens with zero attached hydrogens (tertiary/aromatic N) is 5. The molecule has 1 unspecified atom stereocenters. The molecule has 5 rings (SSSR count). The Balaban J connectivity index is 1.18. The van der Waals surface area contributed by atoms with Crippen molar-refractivity contribution in [1.29, 1.82) is 0 Å². The molecule has 1 atom stereocenters. The Morgan fingerprint density at radius 2 is 1.77 bits per heavy atom. The monoisotopic (exact) mass is 417 g/mol. The largest absolute Gasteiger partial charge is 0.381 e. The Kier molecular flexibility index (Phi) is 5.78. The Labute approximate surface area is 174 Å². The zero-order chi connectivity index (χ0) is 20.3. The number of rotatable bonds is 5. The summed E-state index contributed by atoms with van der Waals surface area (Å²) in [5, 5.41) is 8.19. The number of amides is 1. The van der Waals surface area contributed by atoms with Crippen LogP contribution in [0.4, 0.5) is 0 Å². The number of hydrogen-bond donors (Lipinski definition) is 0. The van der Waals surface area contributed by atoms with Gasteiger partial charge in [-0.25, -0.2) is 0 Å². The van der Waals surface area contributed by atoms with Gasteiger partial charge in [0, 0.05) is 51.4 Å². The molecule has 0 aliphatic carbocycles. The van der Waals surface area contributed by atoms with Crippen LogP contribution < -0.4 is 0 Å². The van der Waals surface area contributed by atoms with Crippen molar-refractivity contribution in [2.24, 2.45) is 0 Å². The van der Waals surface area contributed by atoms with Gasteiger partial charge in [0.15, 0.2) is 17.3 Å². The molecule has 0 saturated carbocycles. The lowest BCUT2D eigenvalue weighted by Crippen LogP contribution is -2.35. The molecule has 2 aromatic rings. The SMILES string of the molecule is O=C(c1cc(CN2CCOCC2)on1)N1CCC(c2nc(C3CCOCC3)no2)C1. The molecule has 30 heavy (non-hydrogen) atoms. The summed E-state index contributed by atoms with van der Waals surface area (Å²) >= 11 is 0. The third-order valence-electron chi connectivity index (χ3n) is 6.13. The number of aromatic nitrogens is 3. The van der Waals surface area contributed by atoms with E-state index in [0.29, 0.717) is 42.9 Å². The van der Waals surface area contributed by atoms with Gasteiger partial charge in [-0.3, -0.25) is 9.69 Å². The summed E-state index contributed by atoms with van der Waals surface area (Å²) in [5.74, 6) is 2.35. The van der Waals surface area contributed by atoms with Crippen molar-refractivity contribution in [3.8, 4) is 0 Å². The molecule has 0 aromatic carbocycles. The van der Waals surface area contributed by atoms with Gasteiger partial charge in [0.2, 0.25) is 5.89 Å². The minimum atomic E-state index is -0.112. The molecule has 0 N–H and O–H groups in total. The Morgan fingerprint density at radius 3 is 2.60 bits per heavy atom. The first kappa shape index (κ1) is 19.7. The summed E-state index contributed by atoms with van der Waals surface area (Å²) in [5.41, 5.74) is 0.354. The van der Waals surface area contributed by atoms with Crippen LogP contribution in [-0.2, 0) is 16.0 Å². The van der Waals surface area contributed by atoms with Gasteiger partial charge in [-0.2, -0.15) is 4.98 Å². The van der Waals surface area contributed by atoms with E-state index in [1.807, 2.05) is 0 Å². The zero-order valence-corrected chi connectivity index (χ0v) is 17.0. The first-order valence-corrected chi connectivity index (χ1v) is 10.7.